The summed E-state index contributed by atoms with van der Waals surface area (Å²) in [6, 6.07) is 0. The van der Waals surface area contributed by atoms with Crippen molar-refractivity contribution in [3.05, 3.63) is 11.3 Å². The van der Waals surface area contributed by atoms with Gasteiger partial charge in [0.25, 0.3) is 5.78 Å². The molecule has 0 saturated carbocycles. The van der Waals surface area contributed by atoms with Gasteiger partial charge < -0.3 is 0 Å². The Morgan fingerprint density at radius 2 is 2.40 bits per heavy atom. The van der Waals surface area contributed by atoms with Crippen molar-refractivity contribution in [2.24, 2.45) is 0 Å². The number of rotatable bonds is 0. The molecule has 0 aliphatic heterocycles. The van der Waals surface area contributed by atoms with Gasteiger partial charge in [0.15, 0.2) is 5.15 Å². The summed E-state index contributed by atoms with van der Waals surface area (Å²) in [7, 11) is 0. The maximum atomic E-state index is 5.49. The van der Waals surface area contributed by atoms with Crippen molar-refractivity contribution in [3.8, 4) is 0 Å². The minimum Gasteiger partial charge on any atom is -0.195 e. The molecule has 7 heteroatoms. The third-order valence-electron chi connectivity index (χ3n) is 0.918. The molecule has 0 aliphatic carbocycles. The van der Waals surface area contributed by atoms with Gasteiger partial charge in [-0.05, 0) is 10.4 Å². The van der Waals surface area contributed by atoms with Gasteiger partial charge in [0.1, 0.15) is 0 Å². The molecule has 2 rings (SSSR count). The van der Waals surface area contributed by atoms with E-state index in [-0.39, 0.29) is 5.15 Å². The molecule has 10 heavy (non-hydrogen) atoms. The second-order valence-electron chi connectivity index (χ2n) is 1.55. The fourth-order valence-corrected chi connectivity index (χ4v) is 0.666. The minimum atomic E-state index is 0.280. The predicted molar refractivity (Wildman–Crippen MR) is 31.4 cm³/mol. The van der Waals surface area contributed by atoms with Crippen molar-refractivity contribution in [2.45, 2.75) is 0 Å². The first-order chi connectivity index (χ1) is 4.86. The van der Waals surface area contributed by atoms with Crippen molar-refractivity contribution in [3.63, 3.8) is 0 Å². The molecule has 0 radical (unpaired) electrons. The van der Waals surface area contributed by atoms with E-state index >= 15 is 0 Å². The molecule has 0 amide bonds. The third-order valence-corrected chi connectivity index (χ3v) is 1.10. The highest BCUT2D eigenvalue weighted by atomic mass is 35.5. The van der Waals surface area contributed by atoms with Crippen LogP contribution in [0.25, 0.3) is 5.78 Å². The molecule has 0 bridgehead atoms. The fraction of sp³-hybridized carbons (Fsp3) is 0. The summed E-state index contributed by atoms with van der Waals surface area (Å²) in [5, 5.41) is 14.3. The van der Waals surface area contributed by atoms with E-state index in [1.807, 2.05) is 0 Å². The average Bonchev–Trinajstić information content (AvgIpc) is 2.33. The van der Waals surface area contributed by atoms with E-state index < -0.39 is 0 Å². The van der Waals surface area contributed by atoms with E-state index in [0.717, 1.165) is 0 Å². The molecule has 0 fully saturated rings. The van der Waals surface area contributed by atoms with Gasteiger partial charge in [-0.2, -0.15) is 10.1 Å². The van der Waals surface area contributed by atoms with Gasteiger partial charge in [-0.1, -0.05) is 21.3 Å². The largest absolute Gasteiger partial charge is 0.292 e. The molecular formula is C3HClN6. The monoisotopic (exact) mass is 156 g/mol. The van der Waals surface area contributed by atoms with Crippen LogP contribution < -0.4 is 0 Å². The Labute approximate surface area is 59.8 Å². The first-order valence-electron chi connectivity index (χ1n) is 2.43. The highest BCUT2D eigenvalue weighted by molar-refractivity contribution is 6.29. The maximum Gasteiger partial charge on any atom is 0.292 e. The van der Waals surface area contributed by atoms with Crippen LogP contribution in [0.2, 0.25) is 5.15 Å². The molecule has 50 valence electrons. The molecule has 0 saturated heterocycles. The van der Waals surface area contributed by atoms with E-state index in [9.17, 15) is 0 Å². The zero-order chi connectivity index (χ0) is 6.97. The van der Waals surface area contributed by atoms with Crippen LogP contribution in [0.15, 0.2) is 6.20 Å². The summed E-state index contributed by atoms with van der Waals surface area (Å²) in [5.74, 6) is 0.299. The topological polar surface area (TPSA) is 68.9 Å². The lowest BCUT2D eigenvalue weighted by Gasteiger charge is -1.85. The zero-order valence-corrected chi connectivity index (χ0v) is 5.39. The molecule has 6 nitrogen and oxygen atoms in total. The van der Waals surface area contributed by atoms with Crippen molar-refractivity contribution in [1.82, 2.24) is 30.2 Å². The van der Waals surface area contributed by atoms with Crippen LogP contribution in [-0.4, -0.2) is 30.2 Å². The Balaban J connectivity index is 2.86. The molecular weight excluding hydrogens is 156 g/mol. The molecule has 0 aromatic carbocycles. The Kier molecular flexibility index (Phi) is 1.01. The van der Waals surface area contributed by atoms with Crippen LogP contribution in [0, 0.1) is 0 Å². The van der Waals surface area contributed by atoms with Crippen molar-refractivity contribution >= 4 is 17.4 Å². The van der Waals surface area contributed by atoms with Crippen LogP contribution in [0.3, 0.4) is 0 Å². The number of tetrazole rings is 1. The summed E-state index contributed by atoms with van der Waals surface area (Å²) in [4.78, 5) is 3.77. The summed E-state index contributed by atoms with van der Waals surface area (Å²) in [5.41, 5.74) is 0. The second-order valence-corrected chi connectivity index (χ2v) is 1.93. The normalized spacial score (nSPS) is 10.5. The average molecular weight is 157 g/mol. The van der Waals surface area contributed by atoms with E-state index in [0.29, 0.717) is 5.78 Å². The summed E-state index contributed by atoms with van der Waals surface area (Å²) in [6.45, 7) is 0. The predicted octanol–water partition coefficient (Wildman–Crippen LogP) is -0.432. The lowest BCUT2D eigenvalue weighted by Crippen LogP contribution is -1.95. The van der Waals surface area contributed by atoms with Gasteiger partial charge in [-0.25, -0.2) is 0 Å². The minimum absolute atomic E-state index is 0.280. The Morgan fingerprint density at radius 1 is 1.50 bits per heavy atom. The van der Waals surface area contributed by atoms with Crippen molar-refractivity contribution in [1.29, 1.82) is 0 Å². The van der Waals surface area contributed by atoms with E-state index in [1.165, 1.54) is 10.8 Å². The molecule has 0 aliphatic rings. The second kappa shape index (κ2) is 1.84. The molecule has 0 atom stereocenters. The number of hydrogen-bond donors (Lipinski definition) is 0. The highest BCUT2D eigenvalue weighted by Crippen LogP contribution is 1.99. The molecule has 2 heterocycles. The summed E-state index contributed by atoms with van der Waals surface area (Å²) >= 11 is 5.49. The van der Waals surface area contributed by atoms with Gasteiger partial charge in [-0.15, -0.1) is 0 Å². The first-order valence-corrected chi connectivity index (χ1v) is 2.81. The van der Waals surface area contributed by atoms with Crippen LogP contribution in [0.1, 0.15) is 0 Å². The van der Waals surface area contributed by atoms with Gasteiger partial charge in [0.2, 0.25) is 0 Å². The number of aromatic nitrogens is 6. The van der Waals surface area contributed by atoms with E-state index in [2.05, 4.69) is 25.6 Å². The molecule has 0 spiro atoms. The van der Waals surface area contributed by atoms with Crippen LogP contribution in [-0.2, 0) is 0 Å². The fourth-order valence-electron chi connectivity index (χ4n) is 0.546. The zero-order valence-electron chi connectivity index (χ0n) is 4.64. The molecule has 0 N–H and O–H groups in total. The third kappa shape index (κ3) is 0.695. The van der Waals surface area contributed by atoms with Crippen LogP contribution in [0.5, 0.6) is 0 Å². The number of nitrogens with zero attached hydrogens (tertiary/aromatic N) is 6. The molecule has 2 aromatic rings. The molecule has 0 unspecified atom stereocenters. The standard InChI is InChI=1S/C3HClN6/c4-2-1-5-10-3(6-2)7-8-9-10/h1H. The lowest BCUT2D eigenvalue weighted by molar-refractivity contribution is 0.725. The van der Waals surface area contributed by atoms with Crippen LogP contribution in [0.4, 0.5) is 0 Å². The van der Waals surface area contributed by atoms with Gasteiger partial charge in [0, 0.05) is 0 Å². The number of fused-ring (bicyclic) bond motifs is 1. The SMILES string of the molecule is Clc1cnn2nnnc2n1. The maximum absolute atomic E-state index is 5.49. The van der Waals surface area contributed by atoms with Gasteiger partial charge in [-0.3, -0.25) is 0 Å². The van der Waals surface area contributed by atoms with Crippen LogP contribution >= 0.6 is 11.6 Å². The van der Waals surface area contributed by atoms with Crippen molar-refractivity contribution in [2.75, 3.05) is 0 Å². The Bertz CT molecular complexity index is 355. The Hall–Kier alpha value is -1.30. The number of hydrogen-bond acceptors (Lipinski definition) is 5. The quantitative estimate of drug-likeness (QED) is 0.518. The number of halogens is 1. The summed E-state index contributed by atoms with van der Waals surface area (Å²) in [6.07, 6.45) is 1.37. The van der Waals surface area contributed by atoms with Crippen molar-refractivity contribution < 1.29 is 0 Å². The Morgan fingerprint density at radius 3 is 3.30 bits per heavy atom. The highest BCUT2D eigenvalue weighted by Gasteiger charge is 1.97. The van der Waals surface area contributed by atoms with Gasteiger partial charge >= 0.3 is 0 Å². The summed E-state index contributed by atoms with van der Waals surface area (Å²) < 4.78 is 1.19. The molecule has 2 aromatic heterocycles. The smallest absolute Gasteiger partial charge is 0.195 e. The first kappa shape index (κ1) is 5.48. The van der Waals surface area contributed by atoms with E-state index in [4.69, 9.17) is 11.6 Å². The van der Waals surface area contributed by atoms with E-state index in [1.54, 1.807) is 0 Å². The lowest BCUT2D eigenvalue weighted by atomic mass is 10.9. The van der Waals surface area contributed by atoms with Gasteiger partial charge in [0.05, 0.1) is 6.20 Å².